The molecule has 0 aliphatic carbocycles. The van der Waals surface area contributed by atoms with Crippen molar-refractivity contribution in [1.29, 1.82) is 0 Å². The highest BCUT2D eigenvalue weighted by molar-refractivity contribution is 6.31. The number of piperidine rings is 1. The molecule has 24 heavy (non-hydrogen) atoms. The molecule has 2 nitrogen and oxygen atoms in total. The van der Waals surface area contributed by atoms with Gasteiger partial charge in [-0.3, -0.25) is 4.79 Å². The molecule has 1 atom stereocenters. The van der Waals surface area contributed by atoms with E-state index in [1.807, 2.05) is 42.5 Å². The fourth-order valence-electron chi connectivity index (χ4n) is 3.91. The van der Waals surface area contributed by atoms with Crippen LogP contribution in [0.2, 0.25) is 5.02 Å². The van der Waals surface area contributed by atoms with Crippen molar-refractivity contribution in [1.82, 2.24) is 4.90 Å². The number of halogens is 1. The number of amides is 1. The van der Waals surface area contributed by atoms with Gasteiger partial charge in [-0.1, -0.05) is 54.1 Å². The predicted molar refractivity (Wildman–Crippen MR) is 98.7 cm³/mol. The summed E-state index contributed by atoms with van der Waals surface area (Å²) >= 11 is 6.04. The lowest BCUT2D eigenvalue weighted by Crippen LogP contribution is -2.47. The second-order valence-corrected chi connectivity index (χ2v) is 7.02. The van der Waals surface area contributed by atoms with Crippen LogP contribution in [0.3, 0.4) is 0 Å². The van der Waals surface area contributed by atoms with E-state index in [0.29, 0.717) is 11.1 Å². The highest BCUT2D eigenvalue weighted by Gasteiger charge is 2.36. The zero-order valence-electron chi connectivity index (χ0n) is 13.5. The van der Waals surface area contributed by atoms with Crippen molar-refractivity contribution in [2.45, 2.75) is 31.7 Å². The van der Waals surface area contributed by atoms with Crippen LogP contribution in [0, 0.1) is 0 Å². The van der Waals surface area contributed by atoms with Crippen LogP contribution in [-0.4, -0.2) is 23.4 Å². The van der Waals surface area contributed by atoms with Crippen LogP contribution in [-0.2, 0) is 4.79 Å². The fourth-order valence-corrected chi connectivity index (χ4v) is 4.03. The maximum Gasteiger partial charge on any atom is 0.255 e. The van der Waals surface area contributed by atoms with E-state index in [1.165, 1.54) is 12.0 Å². The van der Waals surface area contributed by atoms with E-state index in [-0.39, 0.29) is 5.91 Å². The van der Waals surface area contributed by atoms with E-state index in [9.17, 15) is 4.79 Å². The topological polar surface area (TPSA) is 20.3 Å². The van der Waals surface area contributed by atoms with E-state index >= 15 is 0 Å². The summed E-state index contributed by atoms with van der Waals surface area (Å²) in [4.78, 5) is 15.3. The van der Waals surface area contributed by atoms with Gasteiger partial charge in [0.15, 0.2) is 0 Å². The summed E-state index contributed by atoms with van der Waals surface area (Å²) in [6, 6.07) is 18.3. The van der Waals surface area contributed by atoms with E-state index in [0.717, 1.165) is 42.5 Å². The summed E-state index contributed by atoms with van der Waals surface area (Å²) in [5, 5.41) is 0.694. The highest BCUT2D eigenvalue weighted by atomic mass is 35.5. The minimum atomic E-state index is 0.173. The smallest absolute Gasteiger partial charge is 0.255 e. The standard InChI is InChI=1S/C21H20ClNO/c22-17-11-9-16(10-12-17)20-19(15-6-2-1-3-7-15)14-18-8-4-5-13-23(18)21(20)24/h1-3,6-7,9-12,18H,4-5,8,13-14H2. The summed E-state index contributed by atoms with van der Waals surface area (Å²) < 4.78 is 0. The van der Waals surface area contributed by atoms with Crippen LogP contribution >= 0.6 is 11.6 Å². The van der Waals surface area contributed by atoms with Crippen molar-refractivity contribution < 1.29 is 4.79 Å². The molecule has 2 heterocycles. The largest absolute Gasteiger partial charge is 0.335 e. The van der Waals surface area contributed by atoms with Crippen LogP contribution in [0.5, 0.6) is 0 Å². The fraction of sp³-hybridized carbons (Fsp3) is 0.286. The lowest BCUT2D eigenvalue weighted by Gasteiger charge is -2.41. The monoisotopic (exact) mass is 337 g/mol. The molecule has 2 aromatic carbocycles. The average molecular weight is 338 g/mol. The molecule has 0 bridgehead atoms. The molecule has 0 spiro atoms. The van der Waals surface area contributed by atoms with Crippen LogP contribution in [0.15, 0.2) is 54.6 Å². The minimum absolute atomic E-state index is 0.173. The molecule has 2 aromatic rings. The number of carbonyl (C=O) groups is 1. The number of carbonyl (C=O) groups excluding carboxylic acids is 1. The number of fused-ring (bicyclic) bond motifs is 1. The summed E-state index contributed by atoms with van der Waals surface area (Å²) in [7, 11) is 0. The van der Waals surface area contributed by atoms with Crippen LogP contribution in [0.4, 0.5) is 0 Å². The Hall–Kier alpha value is -2.06. The molecule has 1 saturated heterocycles. The SMILES string of the molecule is O=C1C(c2ccc(Cl)cc2)=C(c2ccccc2)CC2CCCCN12. The van der Waals surface area contributed by atoms with Crippen molar-refractivity contribution in [3.63, 3.8) is 0 Å². The third-order valence-corrected chi connectivity index (χ3v) is 5.35. The van der Waals surface area contributed by atoms with Crippen LogP contribution in [0.25, 0.3) is 11.1 Å². The van der Waals surface area contributed by atoms with Gasteiger partial charge in [0, 0.05) is 17.6 Å². The second-order valence-electron chi connectivity index (χ2n) is 6.58. The minimum Gasteiger partial charge on any atom is -0.335 e. The molecule has 0 aromatic heterocycles. The Morgan fingerprint density at radius 2 is 1.67 bits per heavy atom. The number of hydrogen-bond donors (Lipinski definition) is 0. The number of nitrogens with zero attached hydrogens (tertiary/aromatic N) is 1. The first kappa shape index (κ1) is 15.5. The molecule has 2 aliphatic rings. The average Bonchev–Trinajstić information content (AvgIpc) is 2.63. The Morgan fingerprint density at radius 1 is 0.917 bits per heavy atom. The Bertz CT molecular complexity index is 779. The van der Waals surface area contributed by atoms with Gasteiger partial charge in [-0.15, -0.1) is 0 Å². The molecule has 0 radical (unpaired) electrons. The molecule has 122 valence electrons. The van der Waals surface area contributed by atoms with Gasteiger partial charge in [0.2, 0.25) is 0 Å². The zero-order valence-corrected chi connectivity index (χ0v) is 14.3. The first-order valence-corrected chi connectivity index (χ1v) is 8.97. The Morgan fingerprint density at radius 3 is 2.42 bits per heavy atom. The molecular weight excluding hydrogens is 318 g/mol. The first-order valence-electron chi connectivity index (χ1n) is 8.59. The number of hydrogen-bond acceptors (Lipinski definition) is 1. The normalized spacial score (nSPS) is 21.0. The van der Waals surface area contributed by atoms with E-state index < -0.39 is 0 Å². The molecule has 3 heteroatoms. The number of rotatable bonds is 2. The third-order valence-electron chi connectivity index (χ3n) is 5.10. The van der Waals surface area contributed by atoms with Crippen LogP contribution in [0.1, 0.15) is 36.8 Å². The Balaban J connectivity index is 1.88. The van der Waals surface area contributed by atoms with Gasteiger partial charge in [0.05, 0.1) is 5.57 Å². The lowest BCUT2D eigenvalue weighted by molar-refractivity contribution is -0.128. The molecular formula is C21H20ClNO. The van der Waals surface area contributed by atoms with Crippen molar-refractivity contribution in [2.24, 2.45) is 0 Å². The van der Waals surface area contributed by atoms with Gasteiger partial charge < -0.3 is 4.90 Å². The van der Waals surface area contributed by atoms with E-state index in [4.69, 9.17) is 11.6 Å². The molecule has 0 saturated carbocycles. The van der Waals surface area contributed by atoms with Gasteiger partial charge in [-0.25, -0.2) is 0 Å². The van der Waals surface area contributed by atoms with Crippen molar-refractivity contribution in [3.05, 3.63) is 70.7 Å². The van der Waals surface area contributed by atoms with Crippen molar-refractivity contribution in [2.75, 3.05) is 6.54 Å². The molecule has 1 unspecified atom stereocenters. The van der Waals surface area contributed by atoms with Crippen molar-refractivity contribution >= 4 is 28.7 Å². The Kier molecular flexibility index (Phi) is 4.15. The molecule has 1 fully saturated rings. The highest BCUT2D eigenvalue weighted by Crippen LogP contribution is 2.40. The molecule has 2 aliphatic heterocycles. The van der Waals surface area contributed by atoms with E-state index in [1.54, 1.807) is 0 Å². The van der Waals surface area contributed by atoms with Crippen molar-refractivity contribution in [3.8, 4) is 0 Å². The zero-order chi connectivity index (χ0) is 16.5. The summed E-state index contributed by atoms with van der Waals surface area (Å²) in [6.45, 7) is 0.878. The van der Waals surface area contributed by atoms with Crippen LogP contribution < -0.4 is 0 Å². The molecule has 1 amide bonds. The second kappa shape index (κ2) is 6.45. The maximum absolute atomic E-state index is 13.3. The summed E-state index contributed by atoms with van der Waals surface area (Å²) in [5.41, 5.74) is 4.13. The summed E-state index contributed by atoms with van der Waals surface area (Å²) in [5.74, 6) is 0.173. The van der Waals surface area contributed by atoms with Gasteiger partial charge >= 0.3 is 0 Å². The molecule has 0 N–H and O–H groups in total. The first-order chi connectivity index (χ1) is 11.7. The lowest BCUT2D eigenvalue weighted by atomic mass is 9.82. The van der Waals surface area contributed by atoms with Gasteiger partial charge in [-0.05, 0) is 54.5 Å². The quantitative estimate of drug-likeness (QED) is 0.752. The number of benzene rings is 2. The maximum atomic E-state index is 13.3. The van der Waals surface area contributed by atoms with E-state index in [2.05, 4.69) is 17.0 Å². The van der Waals surface area contributed by atoms with Gasteiger partial charge in [-0.2, -0.15) is 0 Å². The van der Waals surface area contributed by atoms with Gasteiger partial charge in [0.25, 0.3) is 5.91 Å². The Labute approximate surface area is 147 Å². The molecule has 4 rings (SSSR count). The summed E-state index contributed by atoms with van der Waals surface area (Å²) in [6.07, 6.45) is 4.37. The van der Waals surface area contributed by atoms with Gasteiger partial charge in [0.1, 0.15) is 0 Å². The predicted octanol–water partition coefficient (Wildman–Crippen LogP) is 5.04. The third kappa shape index (κ3) is 2.76.